The van der Waals surface area contributed by atoms with Gasteiger partial charge in [0.1, 0.15) is 14.1 Å². The molecule has 8 nitrogen and oxygen atoms in total. The van der Waals surface area contributed by atoms with Gasteiger partial charge in [-0.3, -0.25) is 19.1 Å². The minimum absolute atomic E-state index is 0.149. The van der Waals surface area contributed by atoms with E-state index in [0.717, 1.165) is 10.8 Å². The lowest BCUT2D eigenvalue weighted by Crippen LogP contribution is -2.34. The van der Waals surface area contributed by atoms with Crippen molar-refractivity contribution in [3.8, 4) is 0 Å². The van der Waals surface area contributed by atoms with E-state index in [9.17, 15) is 14.4 Å². The number of ether oxygens (including phenoxy) is 1. The first-order valence-electron chi connectivity index (χ1n) is 5.48. The standard InChI is InChI=1S/C9H10N2O5.CH3BO/c12-4-5-3-11(9(15)10-8(5)14)6-1-2-7(13)16-6;2-1-3/h3-4,6-7,13H,1-2H2,(H,10,14,15);3H,1H2/t6?,7-;/m0./s1. The smallest absolute Gasteiger partial charge is 0.330 e. The maximum atomic E-state index is 11.4. The molecule has 1 fully saturated rings. The van der Waals surface area contributed by atoms with E-state index in [-0.39, 0.29) is 12.1 Å². The Morgan fingerprint density at radius 2 is 2.16 bits per heavy atom. The van der Waals surface area contributed by atoms with E-state index in [1.165, 1.54) is 0 Å². The third kappa shape index (κ3) is 3.88. The summed E-state index contributed by atoms with van der Waals surface area (Å²) >= 11 is 0. The molecule has 1 aliphatic heterocycles. The number of carbonyl (C=O) groups excluding carboxylic acids is 1. The highest BCUT2D eigenvalue weighted by molar-refractivity contribution is 6.07. The zero-order chi connectivity index (χ0) is 14.4. The first-order chi connectivity index (χ1) is 9.03. The average molecular weight is 268 g/mol. The molecule has 1 saturated heterocycles. The minimum atomic E-state index is -0.913. The number of aromatic amines is 1. The molecule has 0 spiro atoms. The Morgan fingerprint density at radius 1 is 1.53 bits per heavy atom. The second-order valence-corrected chi connectivity index (χ2v) is 3.67. The third-order valence-corrected chi connectivity index (χ3v) is 2.41. The quantitative estimate of drug-likeness (QED) is 0.424. The van der Waals surface area contributed by atoms with Crippen LogP contribution in [-0.2, 0) is 4.74 Å². The van der Waals surface area contributed by atoms with E-state index in [1.807, 2.05) is 4.98 Å². The van der Waals surface area contributed by atoms with Crippen molar-refractivity contribution in [1.82, 2.24) is 9.55 Å². The van der Waals surface area contributed by atoms with Gasteiger partial charge in [0, 0.05) is 19.1 Å². The summed E-state index contributed by atoms with van der Waals surface area (Å²) in [6.45, 7) is -0.250. The fourth-order valence-electron chi connectivity index (χ4n) is 1.61. The Balaban J connectivity index is 0.000000550. The van der Waals surface area contributed by atoms with Gasteiger partial charge in [0.15, 0.2) is 12.6 Å². The topological polar surface area (TPSA) is 122 Å². The minimum Gasteiger partial charge on any atom is -0.406 e. The number of aldehydes is 1. The summed E-state index contributed by atoms with van der Waals surface area (Å²) in [6.07, 6.45) is 0.802. The second-order valence-electron chi connectivity index (χ2n) is 3.67. The highest BCUT2D eigenvalue weighted by Crippen LogP contribution is 2.24. The number of aliphatic hydroxyl groups is 2. The van der Waals surface area contributed by atoms with E-state index in [1.54, 1.807) is 0 Å². The molecule has 2 atom stereocenters. The van der Waals surface area contributed by atoms with Crippen LogP contribution in [0.1, 0.15) is 29.4 Å². The second kappa shape index (κ2) is 7.02. The Bertz CT molecular complexity index is 540. The van der Waals surface area contributed by atoms with Crippen LogP contribution in [0.5, 0.6) is 0 Å². The van der Waals surface area contributed by atoms with Crippen molar-refractivity contribution in [1.29, 1.82) is 0 Å². The van der Waals surface area contributed by atoms with Crippen LogP contribution in [0.4, 0.5) is 0 Å². The molecule has 0 aliphatic carbocycles. The van der Waals surface area contributed by atoms with Crippen molar-refractivity contribution in [2.75, 3.05) is 6.51 Å². The molecule has 0 saturated carbocycles. The molecule has 2 radical (unpaired) electrons. The fourth-order valence-corrected chi connectivity index (χ4v) is 1.61. The van der Waals surface area contributed by atoms with Crippen LogP contribution in [0.25, 0.3) is 0 Å². The lowest BCUT2D eigenvalue weighted by molar-refractivity contribution is -0.113. The predicted molar refractivity (Wildman–Crippen MR) is 64.9 cm³/mol. The SMILES string of the molecule is O=Cc1cn(C2CC[C@@H](O)O2)c(=O)[nH]c1=O.[B]CO. The van der Waals surface area contributed by atoms with Crippen LogP contribution < -0.4 is 11.2 Å². The van der Waals surface area contributed by atoms with Gasteiger partial charge in [-0.25, -0.2) is 4.79 Å². The van der Waals surface area contributed by atoms with Crippen LogP contribution in [0.15, 0.2) is 15.8 Å². The van der Waals surface area contributed by atoms with Gasteiger partial charge in [-0.1, -0.05) is 0 Å². The lowest BCUT2D eigenvalue weighted by atomic mass is 10.2. The van der Waals surface area contributed by atoms with Crippen molar-refractivity contribution in [2.24, 2.45) is 0 Å². The van der Waals surface area contributed by atoms with Gasteiger partial charge < -0.3 is 14.9 Å². The molecule has 19 heavy (non-hydrogen) atoms. The first kappa shape index (κ1) is 15.4. The average Bonchev–Trinajstić information content (AvgIpc) is 2.77. The highest BCUT2D eigenvalue weighted by atomic mass is 16.6. The van der Waals surface area contributed by atoms with Crippen molar-refractivity contribution in [3.05, 3.63) is 32.6 Å². The summed E-state index contributed by atoms with van der Waals surface area (Å²) < 4.78 is 6.15. The Kier molecular flexibility index (Phi) is 5.68. The Labute approximate surface area is 109 Å². The lowest BCUT2D eigenvalue weighted by Gasteiger charge is -2.13. The van der Waals surface area contributed by atoms with Crippen LogP contribution in [0.3, 0.4) is 0 Å². The number of carbonyl (C=O) groups is 1. The number of aromatic nitrogens is 2. The molecule has 102 valence electrons. The maximum absolute atomic E-state index is 11.4. The van der Waals surface area contributed by atoms with E-state index in [4.69, 9.17) is 14.9 Å². The number of hydrogen-bond acceptors (Lipinski definition) is 6. The molecule has 1 aromatic rings. The molecule has 0 aromatic carbocycles. The summed E-state index contributed by atoms with van der Waals surface area (Å²) in [5.74, 6) is 0. The molecule has 0 amide bonds. The molecule has 1 unspecified atom stereocenters. The van der Waals surface area contributed by atoms with Crippen LogP contribution >= 0.6 is 0 Å². The van der Waals surface area contributed by atoms with Gasteiger partial charge in [-0.15, -0.1) is 0 Å². The molecule has 2 rings (SSSR count). The molecule has 2 heterocycles. The number of H-pyrrole nitrogens is 1. The summed E-state index contributed by atoms with van der Waals surface area (Å²) in [5.41, 5.74) is -1.53. The van der Waals surface area contributed by atoms with Gasteiger partial charge >= 0.3 is 5.69 Å². The van der Waals surface area contributed by atoms with Crippen molar-refractivity contribution in [2.45, 2.75) is 25.4 Å². The fraction of sp³-hybridized carbons (Fsp3) is 0.500. The Morgan fingerprint density at radius 3 is 2.63 bits per heavy atom. The summed E-state index contributed by atoms with van der Waals surface area (Å²) in [4.78, 5) is 35.1. The Hall–Kier alpha value is -1.71. The molecule has 0 bridgehead atoms. The maximum Gasteiger partial charge on any atom is 0.330 e. The number of nitrogens with one attached hydrogen (secondary N) is 1. The largest absolute Gasteiger partial charge is 0.406 e. The first-order valence-corrected chi connectivity index (χ1v) is 5.48. The number of hydrogen-bond donors (Lipinski definition) is 3. The van der Waals surface area contributed by atoms with Crippen LogP contribution in [-0.4, -0.2) is 46.7 Å². The van der Waals surface area contributed by atoms with Crippen molar-refractivity contribution >= 4 is 14.1 Å². The summed E-state index contributed by atoms with van der Waals surface area (Å²) in [7, 11) is 4.40. The zero-order valence-corrected chi connectivity index (χ0v) is 9.98. The monoisotopic (exact) mass is 268 g/mol. The summed E-state index contributed by atoms with van der Waals surface area (Å²) in [6, 6.07) is 0. The van der Waals surface area contributed by atoms with E-state index >= 15 is 0 Å². The number of rotatable bonds is 2. The van der Waals surface area contributed by atoms with E-state index < -0.39 is 23.8 Å². The number of nitrogens with zero attached hydrogens (tertiary/aromatic N) is 1. The van der Waals surface area contributed by atoms with Crippen LogP contribution in [0.2, 0.25) is 0 Å². The third-order valence-electron chi connectivity index (χ3n) is 2.41. The van der Waals surface area contributed by atoms with E-state index in [2.05, 4.69) is 7.85 Å². The molecular weight excluding hydrogens is 255 g/mol. The highest BCUT2D eigenvalue weighted by Gasteiger charge is 2.25. The van der Waals surface area contributed by atoms with Gasteiger partial charge in [-0.05, 0) is 6.42 Å². The van der Waals surface area contributed by atoms with E-state index in [0.29, 0.717) is 19.1 Å². The predicted octanol–water partition coefficient (Wildman–Crippen LogP) is -1.92. The van der Waals surface area contributed by atoms with Gasteiger partial charge in [0.25, 0.3) is 5.56 Å². The van der Waals surface area contributed by atoms with Gasteiger partial charge in [0.05, 0.1) is 5.56 Å². The van der Waals surface area contributed by atoms with Crippen molar-refractivity contribution < 1.29 is 19.7 Å². The van der Waals surface area contributed by atoms with Gasteiger partial charge in [0.2, 0.25) is 0 Å². The van der Waals surface area contributed by atoms with Gasteiger partial charge in [-0.2, -0.15) is 0 Å². The zero-order valence-electron chi connectivity index (χ0n) is 9.98. The molecular formula is C10H13BN2O6. The normalized spacial score (nSPS) is 21.6. The van der Waals surface area contributed by atoms with Crippen molar-refractivity contribution in [3.63, 3.8) is 0 Å². The number of aliphatic hydroxyl groups excluding tert-OH is 2. The molecule has 9 heteroatoms. The molecule has 3 N–H and O–H groups in total. The van der Waals surface area contributed by atoms with Crippen LogP contribution in [0, 0.1) is 0 Å². The summed E-state index contributed by atoms with van der Waals surface area (Å²) in [5, 5.41) is 16.5. The molecule has 1 aromatic heterocycles. The molecule has 1 aliphatic rings.